The molecule has 0 aliphatic carbocycles. The van der Waals surface area contributed by atoms with Crippen LogP contribution in [0.15, 0.2) is 42.6 Å². The number of rotatable bonds is 5. The minimum atomic E-state index is -0.728. The molecule has 0 radical (unpaired) electrons. The number of carbonyl (C=O) groups is 2. The van der Waals surface area contributed by atoms with E-state index in [-0.39, 0.29) is 17.6 Å². The second-order valence-electron chi connectivity index (χ2n) is 6.39. The molecular formula is C19H20FN3O3. The van der Waals surface area contributed by atoms with Crippen LogP contribution in [0.5, 0.6) is 0 Å². The van der Waals surface area contributed by atoms with Crippen LogP contribution in [0.2, 0.25) is 0 Å². The average Bonchev–Trinajstić information content (AvgIpc) is 2.63. The van der Waals surface area contributed by atoms with Crippen molar-refractivity contribution in [1.29, 1.82) is 0 Å². The summed E-state index contributed by atoms with van der Waals surface area (Å²) in [6.45, 7) is 2.03. The molecule has 6 nitrogen and oxygen atoms in total. The lowest BCUT2D eigenvalue weighted by Crippen LogP contribution is -2.36. The molecule has 1 saturated heterocycles. The molecule has 7 heteroatoms. The molecule has 26 heavy (non-hydrogen) atoms. The lowest BCUT2D eigenvalue weighted by atomic mass is 9.97. The molecule has 1 aromatic heterocycles. The summed E-state index contributed by atoms with van der Waals surface area (Å²) in [4.78, 5) is 29.7. The Balaban J connectivity index is 1.59. The summed E-state index contributed by atoms with van der Waals surface area (Å²) in [5.41, 5.74) is 1.79. The Bertz CT molecular complexity index is 787. The third-order valence-corrected chi connectivity index (χ3v) is 4.50. The predicted molar refractivity (Wildman–Crippen MR) is 94.2 cm³/mol. The fourth-order valence-corrected chi connectivity index (χ4v) is 3.01. The number of hydrogen-bond donors (Lipinski definition) is 2. The number of halogens is 1. The van der Waals surface area contributed by atoms with Crippen molar-refractivity contribution in [2.24, 2.45) is 5.92 Å². The van der Waals surface area contributed by atoms with E-state index in [1.165, 1.54) is 24.3 Å². The summed E-state index contributed by atoms with van der Waals surface area (Å²) >= 11 is 0. The Kier molecular flexibility index (Phi) is 5.58. The molecule has 1 aromatic carbocycles. The largest absolute Gasteiger partial charge is 0.481 e. The zero-order valence-electron chi connectivity index (χ0n) is 14.2. The molecule has 0 atom stereocenters. The normalized spacial score (nSPS) is 15.6. The van der Waals surface area contributed by atoms with E-state index >= 15 is 0 Å². The highest BCUT2D eigenvalue weighted by molar-refractivity contribution is 6.04. The minimum absolute atomic E-state index is 0.263. The van der Waals surface area contributed by atoms with Crippen LogP contribution in [0.3, 0.4) is 0 Å². The van der Waals surface area contributed by atoms with Crippen molar-refractivity contribution in [2.75, 3.05) is 18.4 Å². The smallest absolute Gasteiger partial charge is 0.306 e. The molecule has 1 aliphatic rings. The first-order chi connectivity index (χ1) is 12.5. The van der Waals surface area contributed by atoms with Crippen molar-refractivity contribution in [3.8, 4) is 0 Å². The van der Waals surface area contributed by atoms with Gasteiger partial charge in [0.2, 0.25) is 0 Å². The van der Waals surface area contributed by atoms with E-state index in [1.807, 2.05) is 0 Å². The van der Waals surface area contributed by atoms with Gasteiger partial charge in [0.1, 0.15) is 5.82 Å². The van der Waals surface area contributed by atoms with E-state index in [2.05, 4.69) is 15.2 Å². The number of carboxylic acid groups (broad SMARTS) is 1. The van der Waals surface area contributed by atoms with Crippen molar-refractivity contribution in [2.45, 2.75) is 19.4 Å². The third-order valence-electron chi connectivity index (χ3n) is 4.50. The van der Waals surface area contributed by atoms with E-state index in [1.54, 1.807) is 18.3 Å². The Morgan fingerprint density at radius 2 is 1.88 bits per heavy atom. The fraction of sp³-hybridized carbons (Fsp3) is 0.316. The number of piperidine rings is 1. The topological polar surface area (TPSA) is 82.5 Å². The zero-order valence-corrected chi connectivity index (χ0v) is 14.2. The van der Waals surface area contributed by atoms with Crippen LogP contribution in [-0.2, 0) is 11.3 Å². The lowest BCUT2D eigenvalue weighted by molar-refractivity contribution is -0.143. The molecule has 1 aliphatic heterocycles. The number of pyridine rings is 1. The molecule has 0 unspecified atom stereocenters. The number of benzene rings is 1. The van der Waals surface area contributed by atoms with Gasteiger partial charge in [-0.25, -0.2) is 4.39 Å². The van der Waals surface area contributed by atoms with Gasteiger partial charge in [-0.15, -0.1) is 0 Å². The molecule has 2 aromatic rings. The zero-order chi connectivity index (χ0) is 18.5. The maximum Gasteiger partial charge on any atom is 0.306 e. The fourth-order valence-electron chi connectivity index (χ4n) is 3.01. The molecule has 0 spiro atoms. The Labute approximate surface area is 150 Å². The summed E-state index contributed by atoms with van der Waals surface area (Å²) in [6.07, 6.45) is 2.90. The van der Waals surface area contributed by atoms with Gasteiger partial charge in [0.05, 0.1) is 11.6 Å². The van der Waals surface area contributed by atoms with Crippen LogP contribution in [-0.4, -0.2) is 40.0 Å². The van der Waals surface area contributed by atoms with Crippen LogP contribution < -0.4 is 5.32 Å². The van der Waals surface area contributed by atoms with Crippen molar-refractivity contribution in [3.63, 3.8) is 0 Å². The van der Waals surface area contributed by atoms with Gasteiger partial charge in [0, 0.05) is 24.0 Å². The Morgan fingerprint density at radius 1 is 1.19 bits per heavy atom. The summed E-state index contributed by atoms with van der Waals surface area (Å²) < 4.78 is 12.9. The summed E-state index contributed by atoms with van der Waals surface area (Å²) in [5, 5.41) is 11.8. The lowest BCUT2D eigenvalue weighted by Gasteiger charge is -2.29. The summed E-state index contributed by atoms with van der Waals surface area (Å²) in [6, 6.07) is 8.84. The van der Waals surface area contributed by atoms with Crippen molar-refractivity contribution < 1.29 is 19.1 Å². The highest BCUT2D eigenvalue weighted by Crippen LogP contribution is 2.19. The predicted octanol–water partition coefficient (Wildman–Crippen LogP) is 2.77. The second kappa shape index (κ2) is 8.05. The van der Waals surface area contributed by atoms with Crippen LogP contribution in [0, 0.1) is 11.7 Å². The van der Waals surface area contributed by atoms with Crippen LogP contribution in [0.4, 0.5) is 10.1 Å². The monoisotopic (exact) mass is 357 g/mol. The van der Waals surface area contributed by atoms with Gasteiger partial charge in [-0.3, -0.25) is 19.5 Å². The highest BCUT2D eigenvalue weighted by Gasteiger charge is 2.24. The molecule has 136 valence electrons. The van der Waals surface area contributed by atoms with Gasteiger partial charge in [-0.1, -0.05) is 0 Å². The summed E-state index contributed by atoms with van der Waals surface area (Å²) in [5.74, 6) is -1.70. The van der Waals surface area contributed by atoms with Gasteiger partial charge in [0.25, 0.3) is 5.91 Å². The van der Waals surface area contributed by atoms with E-state index in [0.717, 1.165) is 5.69 Å². The van der Waals surface area contributed by atoms with E-state index in [9.17, 15) is 14.0 Å². The third kappa shape index (κ3) is 4.64. The maximum absolute atomic E-state index is 12.9. The standard InChI is InChI=1S/C19H20FN3O3/c20-15-3-1-13(2-4-15)18(24)22-16-5-8-21-17(11-16)12-23-9-6-14(7-10-23)19(25)26/h1-5,8,11,14H,6-7,9-10,12H2,(H,25,26)(H,21,22,24). The van der Waals surface area contributed by atoms with E-state index < -0.39 is 5.97 Å². The number of likely N-dealkylation sites (tertiary alicyclic amines) is 1. The number of amides is 1. The molecule has 0 bridgehead atoms. The Morgan fingerprint density at radius 3 is 2.54 bits per heavy atom. The molecule has 2 heterocycles. The van der Waals surface area contributed by atoms with Crippen molar-refractivity contribution in [3.05, 3.63) is 59.7 Å². The maximum atomic E-state index is 12.9. The number of carboxylic acids is 1. The van der Waals surface area contributed by atoms with Crippen LogP contribution >= 0.6 is 0 Å². The number of aliphatic carboxylic acids is 1. The first-order valence-corrected chi connectivity index (χ1v) is 8.48. The van der Waals surface area contributed by atoms with Gasteiger partial charge in [0.15, 0.2) is 0 Å². The van der Waals surface area contributed by atoms with Gasteiger partial charge in [-0.2, -0.15) is 0 Å². The SMILES string of the molecule is O=C(Nc1ccnc(CN2CCC(C(=O)O)CC2)c1)c1ccc(F)cc1. The quantitative estimate of drug-likeness (QED) is 0.860. The molecule has 3 rings (SSSR count). The van der Waals surface area contributed by atoms with Crippen LogP contribution in [0.25, 0.3) is 0 Å². The number of hydrogen-bond acceptors (Lipinski definition) is 4. The second-order valence-corrected chi connectivity index (χ2v) is 6.39. The number of nitrogens with zero attached hydrogens (tertiary/aromatic N) is 2. The van der Waals surface area contributed by atoms with Gasteiger partial charge >= 0.3 is 5.97 Å². The number of nitrogens with one attached hydrogen (secondary N) is 1. The molecule has 1 fully saturated rings. The first-order valence-electron chi connectivity index (χ1n) is 8.48. The molecular weight excluding hydrogens is 337 g/mol. The van der Waals surface area contributed by atoms with Crippen molar-refractivity contribution >= 4 is 17.6 Å². The van der Waals surface area contributed by atoms with Gasteiger partial charge in [-0.05, 0) is 62.3 Å². The molecule has 2 N–H and O–H groups in total. The summed E-state index contributed by atoms with van der Waals surface area (Å²) in [7, 11) is 0. The molecule has 0 saturated carbocycles. The van der Waals surface area contributed by atoms with Gasteiger partial charge < -0.3 is 10.4 Å². The van der Waals surface area contributed by atoms with Crippen LogP contribution in [0.1, 0.15) is 28.9 Å². The average molecular weight is 357 g/mol. The first kappa shape index (κ1) is 18.0. The minimum Gasteiger partial charge on any atom is -0.481 e. The van der Waals surface area contributed by atoms with E-state index in [0.29, 0.717) is 43.7 Å². The Hall–Kier alpha value is -2.80. The number of anilines is 1. The van der Waals surface area contributed by atoms with E-state index in [4.69, 9.17) is 5.11 Å². The molecule has 1 amide bonds. The highest BCUT2D eigenvalue weighted by atomic mass is 19.1. The number of aromatic nitrogens is 1. The number of carbonyl (C=O) groups excluding carboxylic acids is 1. The van der Waals surface area contributed by atoms with Crippen molar-refractivity contribution in [1.82, 2.24) is 9.88 Å².